The average molecular weight is 276 g/mol. The molecule has 2 aromatic rings. The van der Waals surface area contributed by atoms with Gasteiger partial charge in [-0.1, -0.05) is 76.2 Å². The molecule has 0 bridgehead atoms. The Balaban J connectivity index is 2.04. The van der Waals surface area contributed by atoms with Gasteiger partial charge in [0.15, 0.2) is 0 Å². The van der Waals surface area contributed by atoms with Crippen molar-refractivity contribution in [1.82, 2.24) is 0 Å². The summed E-state index contributed by atoms with van der Waals surface area (Å²) < 4.78 is 0. The molecule has 1 spiro atoms. The number of hydrogen-bond acceptors (Lipinski definition) is 0. The summed E-state index contributed by atoms with van der Waals surface area (Å²) in [5.74, 6) is 0. The average Bonchev–Trinajstić information content (AvgIpc) is 2.81. The van der Waals surface area contributed by atoms with E-state index in [0.717, 1.165) is 0 Å². The normalized spacial score (nSPS) is 23.0. The van der Waals surface area contributed by atoms with Crippen molar-refractivity contribution in [3.05, 3.63) is 70.8 Å². The van der Waals surface area contributed by atoms with Gasteiger partial charge in [0.25, 0.3) is 0 Å². The minimum Gasteiger partial charge on any atom is -0.0620 e. The third-order valence-corrected chi connectivity index (χ3v) is 5.83. The van der Waals surface area contributed by atoms with Crippen LogP contribution in [0.15, 0.2) is 48.5 Å². The van der Waals surface area contributed by atoms with Crippen molar-refractivity contribution in [3.8, 4) is 0 Å². The smallest absolute Gasteiger partial charge is 0.0225 e. The second-order valence-electron chi connectivity index (χ2n) is 8.29. The summed E-state index contributed by atoms with van der Waals surface area (Å²) in [7, 11) is 0. The number of fused-ring (bicyclic) bond motifs is 4. The Labute approximate surface area is 128 Å². The molecule has 108 valence electrons. The molecule has 0 heterocycles. The molecular weight excluding hydrogens is 252 g/mol. The molecule has 0 heteroatoms. The first-order chi connectivity index (χ1) is 9.87. The van der Waals surface area contributed by atoms with Crippen molar-refractivity contribution in [3.63, 3.8) is 0 Å². The van der Waals surface area contributed by atoms with Crippen molar-refractivity contribution in [2.45, 2.75) is 56.8 Å². The van der Waals surface area contributed by atoms with Crippen molar-refractivity contribution in [1.29, 1.82) is 0 Å². The number of rotatable bonds is 0. The van der Waals surface area contributed by atoms with Crippen LogP contribution in [-0.4, -0.2) is 0 Å². The zero-order valence-corrected chi connectivity index (χ0v) is 13.5. The molecule has 2 aliphatic rings. The van der Waals surface area contributed by atoms with Crippen LogP contribution in [0.4, 0.5) is 0 Å². The minimum absolute atomic E-state index is 0.222. The Morgan fingerprint density at radius 2 is 0.905 bits per heavy atom. The maximum atomic E-state index is 2.41. The van der Waals surface area contributed by atoms with Gasteiger partial charge in [0.1, 0.15) is 0 Å². The molecule has 0 atom stereocenters. The molecule has 0 nitrogen and oxygen atoms in total. The second kappa shape index (κ2) is 3.80. The van der Waals surface area contributed by atoms with E-state index in [1.807, 2.05) is 0 Å². The fourth-order valence-electron chi connectivity index (χ4n) is 5.27. The fourth-order valence-corrected chi connectivity index (χ4v) is 5.27. The standard InChI is InChI=1S/C21H24/c1-19(2)13-21(17-11-7-5-9-15(17)19)14-20(3,4)16-10-6-8-12-18(16)21/h5-12H,13-14H2,1-4H3. The van der Waals surface area contributed by atoms with Crippen LogP contribution in [0.3, 0.4) is 0 Å². The summed E-state index contributed by atoms with van der Waals surface area (Å²) in [5.41, 5.74) is 7.02. The topological polar surface area (TPSA) is 0 Å². The molecule has 0 aliphatic heterocycles. The van der Waals surface area contributed by atoms with E-state index in [2.05, 4.69) is 76.2 Å². The van der Waals surface area contributed by atoms with Gasteiger partial charge in [0.05, 0.1) is 0 Å². The summed E-state index contributed by atoms with van der Waals surface area (Å²) in [6, 6.07) is 18.3. The molecule has 0 aromatic heterocycles. The Morgan fingerprint density at radius 3 is 1.29 bits per heavy atom. The zero-order valence-electron chi connectivity index (χ0n) is 13.5. The second-order valence-corrected chi connectivity index (χ2v) is 8.29. The van der Waals surface area contributed by atoms with Crippen LogP contribution in [-0.2, 0) is 16.2 Å². The van der Waals surface area contributed by atoms with Gasteiger partial charge in [-0.3, -0.25) is 0 Å². The summed E-state index contributed by atoms with van der Waals surface area (Å²) in [6.45, 7) is 9.64. The van der Waals surface area contributed by atoms with Crippen molar-refractivity contribution in [2.75, 3.05) is 0 Å². The fraction of sp³-hybridized carbons (Fsp3) is 0.429. The van der Waals surface area contributed by atoms with Gasteiger partial charge in [-0.15, -0.1) is 0 Å². The highest BCUT2D eigenvalue weighted by atomic mass is 14.6. The van der Waals surface area contributed by atoms with Crippen molar-refractivity contribution >= 4 is 0 Å². The van der Waals surface area contributed by atoms with Crippen LogP contribution in [0, 0.1) is 0 Å². The first kappa shape index (κ1) is 13.1. The lowest BCUT2D eigenvalue weighted by atomic mass is 9.72. The van der Waals surface area contributed by atoms with Gasteiger partial charge in [-0.2, -0.15) is 0 Å². The first-order valence-electron chi connectivity index (χ1n) is 8.07. The van der Waals surface area contributed by atoms with E-state index in [-0.39, 0.29) is 16.2 Å². The largest absolute Gasteiger partial charge is 0.0620 e. The van der Waals surface area contributed by atoms with Crippen LogP contribution in [0.25, 0.3) is 0 Å². The van der Waals surface area contributed by atoms with Crippen LogP contribution in [0.2, 0.25) is 0 Å². The lowest BCUT2D eigenvalue weighted by Crippen LogP contribution is -2.26. The van der Waals surface area contributed by atoms with E-state index < -0.39 is 0 Å². The molecule has 0 saturated carbocycles. The quantitative estimate of drug-likeness (QED) is 0.609. The lowest BCUT2D eigenvalue weighted by Gasteiger charge is -2.30. The predicted molar refractivity (Wildman–Crippen MR) is 89.0 cm³/mol. The molecule has 0 fully saturated rings. The SMILES string of the molecule is CC1(C)CC2(CC(C)(C)c3ccccc32)c2ccccc21. The summed E-state index contributed by atoms with van der Waals surface area (Å²) in [5, 5.41) is 0. The van der Waals surface area contributed by atoms with Crippen LogP contribution >= 0.6 is 0 Å². The number of benzene rings is 2. The van der Waals surface area contributed by atoms with Gasteiger partial charge in [0, 0.05) is 5.41 Å². The zero-order chi connectivity index (χ0) is 14.9. The van der Waals surface area contributed by atoms with Gasteiger partial charge in [0.2, 0.25) is 0 Å². The van der Waals surface area contributed by atoms with E-state index in [4.69, 9.17) is 0 Å². The van der Waals surface area contributed by atoms with E-state index in [1.165, 1.54) is 12.8 Å². The molecule has 0 unspecified atom stereocenters. The maximum absolute atomic E-state index is 2.41. The molecule has 0 radical (unpaired) electrons. The van der Waals surface area contributed by atoms with Crippen LogP contribution in [0.5, 0.6) is 0 Å². The highest BCUT2D eigenvalue weighted by Gasteiger charge is 2.55. The van der Waals surface area contributed by atoms with Gasteiger partial charge < -0.3 is 0 Å². The Kier molecular flexibility index (Phi) is 2.37. The summed E-state index contributed by atoms with van der Waals surface area (Å²) >= 11 is 0. The first-order valence-corrected chi connectivity index (χ1v) is 8.07. The Bertz CT molecular complexity index is 655. The molecule has 2 aromatic carbocycles. The highest BCUT2D eigenvalue weighted by Crippen LogP contribution is 2.62. The van der Waals surface area contributed by atoms with E-state index in [1.54, 1.807) is 22.3 Å². The van der Waals surface area contributed by atoms with Gasteiger partial charge in [-0.25, -0.2) is 0 Å². The minimum atomic E-state index is 0.222. The van der Waals surface area contributed by atoms with E-state index >= 15 is 0 Å². The molecule has 21 heavy (non-hydrogen) atoms. The number of hydrogen-bond donors (Lipinski definition) is 0. The van der Waals surface area contributed by atoms with Crippen molar-refractivity contribution in [2.24, 2.45) is 0 Å². The van der Waals surface area contributed by atoms with E-state index in [0.29, 0.717) is 0 Å². The molecule has 0 amide bonds. The molecular formula is C21H24. The Morgan fingerprint density at radius 1 is 0.571 bits per heavy atom. The summed E-state index contributed by atoms with van der Waals surface area (Å²) in [6.07, 6.45) is 2.47. The monoisotopic (exact) mass is 276 g/mol. The maximum Gasteiger partial charge on any atom is 0.0225 e. The molecule has 0 saturated heterocycles. The third kappa shape index (κ3) is 1.56. The predicted octanol–water partition coefficient (Wildman–Crippen LogP) is 5.34. The van der Waals surface area contributed by atoms with E-state index in [9.17, 15) is 0 Å². The third-order valence-electron chi connectivity index (χ3n) is 5.83. The van der Waals surface area contributed by atoms with Crippen molar-refractivity contribution < 1.29 is 0 Å². The van der Waals surface area contributed by atoms with Crippen LogP contribution in [0.1, 0.15) is 62.8 Å². The summed E-state index contributed by atoms with van der Waals surface area (Å²) in [4.78, 5) is 0. The molecule has 4 rings (SSSR count). The van der Waals surface area contributed by atoms with Crippen LogP contribution < -0.4 is 0 Å². The molecule has 0 N–H and O–H groups in total. The molecule has 2 aliphatic carbocycles. The van der Waals surface area contributed by atoms with Gasteiger partial charge >= 0.3 is 0 Å². The Hall–Kier alpha value is -1.56. The van der Waals surface area contributed by atoms with Gasteiger partial charge in [-0.05, 0) is 45.9 Å². The highest BCUT2D eigenvalue weighted by molar-refractivity contribution is 5.59. The lowest BCUT2D eigenvalue weighted by molar-refractivity contribution is 0.349.